The van der Waals surface area contributed by atoms with E-state index in [0.717, 1.165) is 6.07 Å². The third-order valence-corrected chi connectivity index (χ3v) is 5.32. The van der Waals surface area contributed by atoms with Crippen molar-refractivity contribution < 1.29 is 8.78 Å². The molecule has 4 rings (SSSR count). The highest BCUT2D eigenvalue weighted by Crippen LogP contribution is 2.32. The maximum Gasteiger partial charge on any atom is 0.194 e. The Morgan fingerprint density at radius 1 is 1.27 bits per heavy atom. The van der Waals surface area contributed by atoms with Gasteiger partial charge in [-0.3, -0.25) is 9.36 Å². The number of anilines is 1. The van der Waals surface area contributed by atoms with Crippen molar-refractivity contribution in [2.24, 2.45) is 0 Å². The molecular weight excluding hydrogens is 358 g/mol. The van der Waals surface area contributed by atoms with Gasteiger partial charge in [0, 0.05) is 49.0 Å². The van der Waals surface area contributed by atoms with Gasteiger partial charge in [-0.1, -0.05) is 0 Å². The number of halogens is 2. The molecule has 1 N–H and O–H groups in total. The molecule has 2 atom stereocenters. The topological polar surface area (TPSA) is 50.2 Å². The van der Waals surface area contributed by atoms with E-state index in [1.807, 2.05) is 13.8 Å². The number of thiazole rings is 1. The number of nitrogens with one attached hydrogen (secondary N) is 1. The van der Waals surface area contributed by atoms with Gasteiger partial charge < -0.3 is 10.2 Å². The van der Waals surface area contributed by atoms with Gasteiger partial charge in [0.25, 0.3) is 0 Å². The van der Waals surface area contributed by atoms with Gasteiger partial charge >= 0.3 is 0 Å². The molecule has 2 aromatic heterocycles. The van der Waals surface area contributed by atoms with Crippen molar-refractivity contribution in [2.45, 2.75) is 25.9 Å². The van der Waals surface area contributed by atoms with Gasteiger partial charge in [0.2, 0.25) is 0 Å². The molecule has 1 saturated heterocycles. The van der Waals surface area contributed by atoms with Gasteiger partial charge in [0.05, 0.1) is 10.9 Å². The number of pyridine rings is 1. The molecule has 5 nitrogen and oxygen atoms in total. The number of hydrogen-bond acceptors (Lipinski definition) is 5. The van der Waals surface area contributed by atoms with E-state index < -0.39 is 17.1 Å². The van der Waals surface area contributed by atoms with Crippen molar-refractivity contribution in [3.8, 4) is 5.13 Å². The van der Waals surface area contributed by atoms with Crippen molar-refractivity contribution in [3.05, 3.63) is 51.8 Å². The van der Waals surface area contributed by atoms with Crippen LogP contribution in [-0.2, 0) is 0 Å². The molecule has 8 heteroatoms. The summed E-state index contributed by atoms with van der Waals surface area (Å²) in [4.78, 5) is 18.1. The van der Waals surface area contributed by atoms with Crippen LogP contribution in [0, 0.1) is 11.6 Å². The van der Waals surface area contributed by atoms with Crippen molar-refractivity contribution in [1.82, 2.24) is 14.9 Å². The van der Waals surface area contributed by atoms with Crippen LogP contribution in [0.25, 0.3) is 16.0 Å². The summed E-state index contributed by atoms with van der Waals surface area (Å²) in [6, 6.07) is 2.64. The lowest BCUT2D eigenvalue weighted by Gasteiger charge is -2.38. The molecular formula is C18H18F2N4OS. The molecule has 1 fully saturated rings. The van der Waals surface area contributed by atoms with E-state index in [0.29, 0.717) is 18.2 Å². The predicted octanol–water partition coefficient (Wildman–Crippen LogP) is 2.91. The molecule has 2 unspecified atom stereocenters. The number of nitrogens with zero attached hydrogens (tertiary/aromatic N) is 3. The largest absolute Gasteiger partial charge is 0.364 e. The fourth-order valence-electron chi connectivity index (χ4n) is 3.62. The molecule has 0 spiro atoms. The zero-order valence-corrected chi connectivity index (χ0v) is 15.2. The Bertz CT molecular complexity index is 1010. The van der Waals surface area contributed by atoms with E-state index in [2.05, 4.69) is 10.3 Å². The van der Waals surface area contributed by atoms with Crippen LogP contribution in [0.1, 0.15) is 13.8 Å². The van der Waals surface area contributed by atoms with Crippen molar-refractivity contribution in [2.75, 3.05) is 18.0 Å². The lowest BCUT2D eigenvalue weighted by molar-refractivity contribution is 0.400. The molecule has 0 radical (unpaired) electrons. The quantitative estimate of drug-likeness (QED) is 0.747. The number of hydrogen-bond donors (Lipinski definition) is 1. The first-order chi connectivity index (χ1) is 12.5. The van der Waals surface area contributed by atoms with Crippen LogP contribution in [0.2, 0.25) is 0 Å². The maximum absolute atomic E-state index is 15.5. The molecule has 1 aliphatic heterocycles. The van der Waals surface area contributed by atoms with Crippen LogP contribution in [0.3, 0.4) is 0 Å². The number of benzene rings is 1. The molecule has 0 amide bonds. The minimum atomic E-state index is -0.728. The first-order valence-electron chi connectivity index (χ1n) is 8.40. The van der Waals surface area contributed by atoms with Crippen LogP contribution < -0.4 is 15.6 Å². The average molecular weight is 376 g/mol. The number of fused-ring (bicyclic) bond motifs is 1. The third-order valence-electron chi connectivity index (χ3n) is 4.55. The molecule has 0 bridgehead atoms. The summed E-state index contributed by atoms with van der Waals surface area (Å²) in [6.07, 6.45) is 3.09. The molecule has 0 saturated carbocycles. The van der Waals surface area contributed by atoms with Gasteiger partial charge in [-0.15, -0.1) is 11.3 Å². The Labute approximate surface area is 152 Å². The Morgan fingerprint density at radius 2 is 2.00 bits per heavy atom. The molecule has 1 aliphatic rings. The summed E-state index contributed by atoms with van der Waals surface area (Å²) in [5.41, 5.74) is -0.449. The van der Waals surface area contributed by atoms with E-state index in [1.54, 1.807) is 16.5 Å². The van der Waals surface area contributed by atoms with Gasteiger partial charge in [0.1, 0.15) is 11.5 Å². The van der Waals surface area contributed by atoms with Crippen molar-refractivity contribution in [3.63, 3.8) is 0 Å². The van der Waals surface area contributed by atoms with Gasteiger partial charge in [-0.25, -0.2) is 13.8 Å². The van der Waals surface area contributed by atoms with Crippen molar-refractivity contribution >= 4 is 27.9 Å². The third kappa shape index (κ3) is 2.79. The van der Waals surface area contributed by atoms with Crippen LogP contribution in [0.5, 0.6) is 0 Å². The monoisotopic (exact) mass is 376 g/mol. The highest BCUT2D eigenvalue weighted by atomic mass is 32.1. The van der Waals surface area contributed by atoms with Crippen LogP contribution in [0.4, 0.5) is 14.5 Å². The second kappa shape index (κ2) is 6.44. The standard InChI is InChI=1S/C18H18F2N4OS/c1-10-8-23(9-11(2)22-10)17-13(19)7-12-14(25)3-5-24(16(12)15(17)20)18-21-4-6-26-18/h3-7,10-11,22H,8-9H2,1-2H3. The lowest BCUT2D eigenvalue weighted by atomic mass is 10.1. The van der Waals surface area contributed by atoms with Gasteiger partial charge in [0.15, 0.2) is 16.4 Å². The zero-order chi connectivity index (χ0) is 18.4. The van der Waals surface area contributed by atoms with Crippen LogP contribution in [-0.4, -0.2) is 34.7 Å². The Kier molecular flexibility index (Phi) is 4.24. The molecule has 26 heavy (non-hydrogen) atoms. The fourth-order valence-corrected chi connectivity index (χ4v) is 4.25. The highest BCUT2D eigenvalue weighted by Gasteiger charge is 2.28. The fraction of sp³-hybridized carbons (Fsp3) is 0.333. The average Bonchev–Trinajstić information content (AvgIpc) is 3.09. The molecule has 1 aromatic carbocycles. The second-order valence-corrected chi connectivity index (χ2v) is 7.53. The first-order valence-corrected chi connectivity index (χ1v) is 9.28. The minimum absolute atomic E-state index is 0.0117. The first kappa shape index (κ1) is 17.1. The Hall–Kier alpha value is -2.32. The van der Waals surface area contributed by atoms with Gasteiger partial charge in [-0.05, 0) is 19.9 Å². The Balaban J connectivity index is 1.98. The molecule has 3 heterocycles. The second-order valence-electron chi connectivity index (χ2n) is 6.66. The van der Waals surface area contributed by atoms with Crippen LogP contribution >= 0.6 is 11.3 Å². The Morgan fingerprint density at radius 3 is 2.65 bits per heavy atom. The zero-order valence-electron chi connectivity index (χ0n) is 14.4. The van der Waals surface area contributed by atoms with E-state index in [1.165, 1.54) is 28.2 Å². The lowest BCUT2D eigenvalue weighted by Crippen LogP contribution is -2.54. The number of rotatable bonds is 2. The summed E-state index contributed by atoms with van der Waals surface area (Å²) in [6.45, 7) is 4.92. The van der Waals surface area contributed by atoms with E-state index in [4.69, 9.17) is 0 Å². The van der Waals surface area contributed by atoms with E-state index in [-0.39, 0.29) is 28.7 Å². The maximum atomic E-state index is 15.5. The van der Waals surface area contributed by atoms with E-state index in [9.17, 15) is 9.18 Å². The van der Waals surface area contributed by atoms with Gasteiger partial charge in [-0.2, -0.15) is 0 Å². The highest BCUT2D eigenvalue weighted by molar-refractivity contribution is 7.12. The molecule has 0 aliphatic carbocycles. The summed E-state index contributed by atoms with van der Waals surface area (Å²) in [5, 5.41) is 5.65. The number of aromatic nitrogens is 2. The molecule has 136 valence electrons. The summed E-state index contributed by atoms with van der Waals surface area (Å²) < 4.78 is 31.8. The number of piperazine rings is 1. The predicted molar refractivity (Wildman–Crippen MR) is 99.4 cm³/mol. The van der Waals surface area contributed by atoms with Crippen LogP contribution in [0.15, 0.2) is 34.7 Å². The summed E-state index contributed by atoms with van der Waals surface area (Å²) >= 11 is 1.32. The summed E-state index contributed by atoms with van der Waals surface area (Å²) in [5.74, 6) is -1.44. The van der Waals surface area contributed by atoms with E-state index >= 15 is 4.39 Å². The minimum Gasteiger partial charge on any atom is -0.364 e. The SMILES string of the molecule is CC1CN(c2c(F)cc3c(=O)ccn(-c4nccs4)c3c2F)CC(C)N1. The molecule has 3 aromatic rings. The smallest absolute Gasteiger partial charge is 0.194 e. The summed E-state index contributed by atoms with van der Waals surface area (Å²) in [7, 11) is 0. The van der Waals surface area contributed by atoms with Crippen molar-refractivity contribution in [1.29, 1.82) is 0 Å². The normalized spacial score (nSPS) is 20.7.